The van der Waals surface area contributed by atoms with Gasteiger partial charge in [-0.25, -0.2) is 23.1 Å². The van der Waals surface area contributed by atoms with Crippen LogP contribution in [0.2, 0.25) is 5.02 Å². The number of primary sulfonamides is 1. The highest BCUT2D eigenvalue weighted by Crippen LogP contribution is 2.24. The summed E-state index contributed by atoms with van der Waals surface area (Å²) in [6.45, 7) is 1.99. The number of nitrogens with two attached hydrogens (primary N) is 1. The van der Waals surface area contributed by atoms with Crippen molar-refractivity contribution in [2.75, 3.05) is 5.32 Å². The van der Waals surface area contributed by atoms with E-state index in [-0.39, 0.29) is 10.5 Å². The van der Waals surface area contributed by atoms with Crippen molar-refractivity contribution in [1.29, 1.82) is 0 Å². The van der Waals surface area contributed by atoms with Gasteiger partial charge < -0.3 is 5.32 Å². The van der Waals surface area contributed by atoms with E-state index in [9.17, 15) is 13.2 Å². The zero-order valence-corrected chi connectivity index (χ0v) is 18.0. The van der Waals surface area contributed by atoms with Gasteiger partial charge in [-0.05, 0) is 42.8 Å². The smallest absolute Gasteiger partial charge is 0.261 e. The first kappa shape index (κ1) is 21.0. The normalized spacial score (nSPS) is 11.6. The number of carbonyl (C=O) groups is 1. The Kier molecular flexibility index (Phi) is 5.48. The zero-order valence-electron chi connectivity index (χ0n) is 16.4. The van der Waals surface area contributed by atoms with Crippen molar-refractivity contribution in [2.24, 2.45) is 5.14 Å². The van der Waals surface area contributed by atoms with Gasteiger partial charge in [-0.1, -0.05) is 36.7 Å². The van der Waals surface area contributed by atoms with Gasteiger partial charge in [0.25, 0.3) is 5.91 Å². The summed E-state index contributed by atoms with van der Waals surface area (Å²) in [5.74, 6) is -0.468. The molecule has 0 unspecified atom stereocenters. The van der Waals surface area contributed by atoms with Crippen molar-refractivity contribution in [3.63, 3.8) is 0 Å². The number of halogens is 1. The van der Waals surface area contributed by atoms with Crippen molar-refractivity contribution >= 4 is 38.9 Å². The molecule has 2 aromatic carbocycles. The van der Waals surface area contributed by atoms with Crippen molar-refractivity contribution < 1.29 is 13.2 Å². The second-order valence-electron chi connectivity index (χ2n) is 6.81. The predicted octanol–water partition coefficient (Wildman–Crippen LogP) is 3.51. The molecule has 0 aliphatic heterocycles. The van der Waals surface area contributed by atoms with E-state index < -0.39 is 15.9 Å². The molecule has 0 saturated carbocycles. The second-order valence-corrected chi connectivity index (χ2v) is 8.81. The van der Waals surface area contributed by atoms with E-state index in [4.69, 9.17) is 16.7 Å². The molecule has 0 saturated heterocycles. The summed E-state index contributed by atoms with van der Waals surface area (Å²) >= 11 is 5.99. The molecule has 0 radical (unpaired) electrons. The van der Waals surface area contributed by atoms with Gasteiger partial charge in [-0.3, -0.25) is 4.79 Å². The lowest BCUT2D eigenvalue weighted by atomic mass is 10.1. The number of nitrogens with zero attached hydrogens (tertiary/aromatic N) is 3. The number of hydrogen-bond donors (Lipinski definition) is 2. The minimum absolute atomic E-state index is 0.0958. The maximum absolute atomic E-state index is 12.9. The van der Waals surface area contributed by atoms with Gasteiger partial charge >= 0.3 is 0 Å². The Morgan fingerprint density at radius 3 is 2.58 bits per heavy atom. The molecule has 0 spiro atoms. The quantitative estimate of drug-likeness (QED) is 0.477. The number of rotatable bonds is 5. The van der Waals surface area contributed by atoms with Crippen LogP contribution in [0, 0.1) is 0 Å². The molecular weight excluding hydrogens is 438 g/mol. The summed E-state index contributed by atoms with van der Waals surface area (Å²) in [5, 5.41) is 12.8. The third-order valence-electron chi connectivity index (χ3n) is 4.71. The molecule has 158 valence electrons. The maximum atomic E-state index is 12.9. The van der Waals surface area contributed by atoms with Crippen LogP contribution in [0.5, 0.6) is 0 Å². The summed E-state index contributed by atoms with van der Waals surface area (Å²) in [6, 6.07) is 14.9. The minimum Gasteiger partial charge on any atom is -0.322 e. The molecule has 3 N–H and O–H groups in total. The minimum atomic E-state index is -3.89. The first-order valence-corrected chi connectivity index (χ1v) is 11.3. The SMILES string of the molecule is CCc1cc(-c2ccc(Cl)cc2)nc2c(C(=O)Nc3cccc(S(N)(=O)=O)c3)cnn12. The van der Waals surface area contributed by atoms with Crippen LogP contribution in [-0.2, 0) is 16.4 Å². The molecule has 10 heteroatoms. The van der Waals surface area contributed by atoms with Crippen LogP contribution in [0.25, 0.3) is 16.9 Å². The molecule has 4 rings (SSSR count). The molecule has 0 bridgehead atoms. The van der Waals surface area contributed by atoms with Crippen molar-refractivity contribution in [3.05, 3.63) is 77.1 Å². The van der Waals surface area contributed by atoms with Crippen molar-refractivity contribution in [2.45, 2.75) is 18.2 Å². The number of nitrogens with one attached hydrogen (secondary N) is 1. The fraction of sp³-hybridized carbons (Fsp3) is 0.0952. The Hall–Kier alpha value is -3.27. The van der Waals surface area contributed by atoms with Gasteiger partial charge in [-0.2, -0.15) is 5.10 Å². The average Bonchev–Trinajstić information content (AvgIpc) is 3.17. The van der Waals surface area contributed by atoms with Crippen molar-refractivity contribution in [1.82, 2.24) is 14.6 Å². The molecule has 0 aliphatic rings. The number of hydrogen-bond acceptors (Lipinski definition) is 5. The number of fused-ring (bicyclic) bond motifs is 1. The lowest BCUT2D eigenvalue weighted by Crippen LogP contribution is -2.15. The van der Waals surface area contributed by atoms with E-state index >= 15 is 0 Å². The monoisotopic (exact) mass is 455 g/mol. The zero-order chi connectivity index (χ0) is 22.2. The van der Waals surface area contributed by atoms with Gasteiger partial charge in [0.2, 0.25) is 10.0 Å². The largest absolute Gasteiger partial charge is 0.322 e. The number of aryl methyl sites for hydroxylation is 1. The van der Waals surface area contributed by atoms with E-state index in [0.29, 0.717) is 28.5 Å². The maximum Gasteiger partial charge on any atom is 0.261 e. The summed E-state index contributed by atoms with van der Waals surface area (Å²) < 4.78 is 24.8. The Morgan fingerprint density at radius 1 is 1.16 bits per heavy atom. The van der Waals surface area contributed by atoms with Crippen LogP contribution < -0.4 is 10.5 Å². The standard InChI is InChI=1S/C21H18ClN5O3S/c1-2-16-11-19(13-6-8-14(22)9-7-13)26-20-18(12-24-27(16)20)21(28)25-15-4-3-5-17(10-15)31(23,29)30/h3-12H,2H2,1H3,(H,25,28)(H2,23,29,30). The van der Waals surface area contributed by atoms with Crippen molar-refractivity contribution in [3.8, 4) is 11.3 Å². The highest BCUT2D eigenvalue weighted by molar-refractivity contribution is 7.89. The van der Waals surface area contributed by atoms with Crippen LogP contribution in [0.1, 0.15) is 23.0 Å². The van der Waals surface area contributed by atoms with E-state index in [1.54, 1.807) is 22.7 Å². The van der Waals surface area contributed by atoms with Crippen LogP contribution in [0.4, 0.5) is 5.69 Å². The third kappa shape index (κ3) is 4.29. The molecule has 2 aromatic heterocycles. The number of anilines is 1. The highest BCUT2D eigenvalue weighted by Gasteiger charge is 2.18. The third-order valence-corrected chi connectivity index (χ3v) is 5.88. The van der Waals surface area contributed by atoms with Crippen LogP contribution >= 0.6 is 11.6 Å². The van der Waals surface area contributed by atoms with Crippen LogP contribution in [0.15, 0.2) is 65.7 Å². The number of carbonyl (C=O) groups excluding carboxylic acids is 1. The fourth-order valence-electron chi connectivity index (χ4n) is 3.15. The lowest BCUT2D eigenvalue weighted by molar-refractivity contribution is 0.102. The van der Waals surface area contributed by atoms with E-state index in [2.05, 4.69) is 15.4 Å². The fourth-order valence-corrected chi connectivity index (χ4v) is 3.84. The van der Waals surface area contributed by atoms with Crippen LogP contribution in [0.3, 0.4) is 0 Å². The summed E-state index contributed by atoms with van der Waals surface area (Å²) in [6.07, 6.45) is 2.12. The topological polar surface area (TPSA) is 119 Å². The molecule has 0 atom stereocenters. The van der Waals surface area contributed by atoms with Crippen LogP contribution in [-0.4, -0.2) is 28.9 Å². The number of amides is 1. The second kappa shape index (κ2) is 8.10. The molecule has 31 heavy (non-hydrogen) atoms. The van der Waals surface area contributed by atoms with E-state index in [1.165, 1.54) is 24.4 Å². The van der Waals surface area contributed by atoms with Gasteiger partial charge in [-0.15, -0.1) is 0 Å². The number of benzene rings is 2. The van der Waals surface area contributed by atoms with E-state index in [1.807, 2.05) is 25.1 Å². The number of sulfonamides is 1. The van der Waals surface area contributed by atoms with Gasteiger partial charge in [0.05, 0.1) is 16.8 Å². The summed E-state index contributed by atoms with van der Waals surface area (Å²) in [7, 11) is -3.89. The first-order chi connectivity index (χ1) is 14.8. The Labute approximate surface area is 183 Å². The molecule has 2 heterocycles. The summed E-state index contributed by atoms with van der Waals surface area (Å²) in [5.41, 5.74) is 3.36. The lowest BCUT2D eigenvalue weighted by Gasteiger charge is -2.09. The first-order valence-electron chi connectivity index (χ1n) is 9.34. The molecule has 4 aromatic rings. The molecule has 0 fully saturated rings. The Bertz CT molecular complexity index is 1400. The average molecular weight is 456 g/mol. The molecule has 0 aliphatic carbocycles. The van der Waals surface area contributed by atoms with Gasteiger partial charge in [0.15, 0.2) is 5.65 Å². The highest BCUT2D eigenvalue weighted by atomic mass is 35.5. The van der Waals surface area contributed by atoms with Gasteiger partial charge in [0, 0.05) is 22.0 Å². The predicted molar refractivity (Wildman–Crippen MR) is 119 cm³/mol. The van der Waals surface area contributed by atoms with Gasteiger partial charge in [0.1, 0.15) is 5.56 Å². The molecular formula is C21H18ClN5O3S. The van der Waals surface area contributed by atoms with E-state index in [0.717, 1.165) is 11.3 Å². The number of aromatic nitrogens is 3. The summed E-state index contributed by atoms with van der Waals surface area (Å²) in [4.78, 5) is 17.5. The Balaban J connectivity index is 1.75. The molecule has 1 amide bonds. The Morgan fingerprint density at radius 2 is 1.90 bits per heavy atom. The molecule has 8 nitrogen and oxygen atoms in total.